The highest BCUT2D eigenvalue weighted by Crippen LogP contribution is 2.22. The average Bonchev–Trinajstić information content (AvgIpc) is 2.98. The van der Waals surface area contributed by atoms with Gasteiger partial charge in [-0.25, -0.2) is 4.98 Å². The molecule has 1 N–H and O–H groups in total. The molecule has 1 aromatic heterocycles. The van der Waals surface area contributed by atoms with E-state index >= 15 is 0 Å². The number of ether oxygens (including phenoxy) is 1. The van der Waals surface area contributed by atoms with Crippen molar-refractivity contribution < 1.29 is 9.53 Å². The molecule has 6 heteroatoms. The summed E-state index contributed by atoms with van der Waals surface area (Å²) >= 11 is 1.35. The van der Waals surface area contributed by atoms with Gasteiger partial charge in [-0.3, -0.25) is 4.79 Å². The molecule has 0 unspecified atom stereocenters. The van der Waals surface area contributed by atoms with Gasteiger partial charge in [-0.2, -0.15) is 0 Å². The van der Waals surface area contributed by atoms with E-state index in [0.717, 1.165) is 43.1 Å². The average molecular weight is 331 g/mol. The van der Waals surface area contributed by atoms with Gasteiger partial charge < -0.3 is 15.0 Å². The smallest absolute Gasteiger partial charge is 0.267 e. The number of hydrogen-bond donors (Lipinski definition) is 1. The predicted molar refractivity (Wildman–Crippen MR) is 92.4 cm³/mol. The highest BCUT2D eigenvalue weighted by molar-refractivity contribution is 7.12. The van der Waals surface area contributed by atoms with E-state index in [1.165, 1.54) is 11.3 Å². The number of amides is 1. The minimum absolute atomic E-state index is 0.117. The molecule has 3 rings (SSSR count). The molecule has 1 aromatic carbocycles. The van der Waals surface area contributed by atoms with E-state index in [1.807, 2.05) is 31.2 Å². The third-order valence-electron chi connectivity index (χ3n) is 4.03. The number of carbonyl (C=O) groups is 1. The first kappa shape index (κ1) is 16.0. The number of rotatable bonds is 4. The number of hydrogen-bond acceptors (Lipinski definition) is 5. The van der Waals surface area contributed by atoms with Crippen molar-refractivity contribution in [3.8, 4) is 5.75 Å². The fraction of sp³-hybridized carbons (Fsp3) is 0.412. The van der Waals surface area contributed by atoms with Crippen molar-refractivity contribution in [3.63, 3.8) is 0 Å². The molecule has 23 heavy (non-hydrogen) atoms. The van der Waals surface area contributed by atoms with Crippen LogP contribution >= 0.6 is 11.3 Å². The molecule has 0 bridgehead atoms. The Morgan fingerprint density at radius 1 is 1.30 bits per heavy atom. The molecule has 0 spiro atoms. The predicted octanol–water partition coefficient (Wildman–Crippen LogP) is 3.18. The van der Waals surface area contributed by atoms with Crippen LogP contribution < -0.4 is 10.1 Å². The van der Waals surface area contributed by atoms with E-state index in [4.69, 9.17) is 4.74 Å². The van der Waals surface area contributed by atoms with Gasteiger partial charge in [0.2, 0.25) is 0 Å². The van der Waals surface area contributed by atoms with Gasteiger partial charge in [0.15, 0.2) is 0 Å². The summed E-state index contributed by atoms with van der Waals surface area (Å²) in [6.45, 7) is 3.99. The lowest BCUT2D eigenvalue weighted by molar-refractivity contribution is 0.102. The minimum Gasteiger partial charge on any atom is -0.490 e. The molecule has 1 amide bonds. The van der Waals surface area contributed by atoms with Crippen LogP contribution in [-0.4, -0.2) is 42.0 Å². The zero-order valence-corrected chi connectivity index (χ0v) is 14.2. The van der Waals surface area contributed by atoms with E-state index in [2.05, 4.69) is 22.2 Å². The van der Waals surface area contributed by atoms with Crippen LogP contribution in [0.1, 0.15) is 28.2 Å². The molecule has 122 valence electrons. The van der Waals surface area contributed by atoms with Gasteiger partial charge in [0, 0.05) is 18.8 Å². The summed E-state index contributed by atoms with van der Waals surface area (Å²) in [5.74, 6) is 0.737. The standard InChI is InChI=1S/C17H21N3O2S/c1-12-16(23-11-18-12)17(21)19-13-3-5-14(6-4-13)22-15-7-9-20(2)10-8-15/h3-6,11,15H,7-10H2,1-2H3,(H,19,21). The Balaban J connectivity index is 1.57. The molecule has 5 nitrogen and oxygen atoms in total. The number of nitrogens with zero attached hydrogens (tertiary/aromatic N) is 2. The lowest BCUT2D eigenvalue weighted by Gasteiger charge is -2.29. The summed E-state index contributed by atoms with van der Waals surface area (Å²) in [5, 5.41) is 2.89. The van der Waals surface area contributed by atoms with Gasteiger partial charge in [-0.05, 0) is 51.1 Å². The number of aryl methyl sites for hydroxylation is 1. The molecule has 2 heterocycles. The fourth-order valence-electron chi connectivity index (χ4n) is 2.62. The molecule has 0 saturated carbocycles. The first-order chi connectivity index (χ1) is 11.1. The zero-order valence-electron chi connectivity index (χ0n) is 13.4. The first-order valence-corrected chi connectivity index (χ1v) is 8.66. The molecule has 1 saturated heterocycles. The summed E-state index contributed by atoms with van der Waals surface area (Å²) in [6, 6.07) is 7.57. The number of piperidine rings is 1. The van der Waals surface area contributed by atoms with Crippen LogP contribution in [0.2, 0.25) is 0 Å². The van der Waals surface area contributed by atoms with Gasteiger partial charge in [0.25, 0.3) is 5.91 Å². The maximum Gasteiger partial charge on any atom is 0.267 e. The molecule has 0 atom stereocenters. The number of anilines is 1. The van der Waals surface area contributed by atoms with Gasteiger partial charge in [-0.1, -0.05) is 0 Å². The Morgan fingerprint density at radius 2 is 2.00 bits per heavy atom. The van der Waals surface area contributed by atoms with E-state index in [-0.39, 0.29) is 12.0 Å². The van der Waals surface area contributed by atoms with Crippen LogP contribution in [0.5, 0.6) is 5.75 Å². The number of aromatic nitrogens is 1. The SMILES string of the molecule is Cc1ncsc1C(=O)Nc1ccc(OC2CCN(C)CC2)cc1. The quantitative estimate of drug-likeness (QED) is 0.935. The molecular weight excluding hydrogens is 310 g/mol. The van der Waals surface area contributed by atoms with Crippen molar-refractivity contribution >= 4 is 22.9 Å². The molecule has 1 aliphatic rings. The Labute approximate surface area is 140 Å². The van der Waals surface area contributed by atoms with Crippen molar-refractivity contribution in [1.82, 2.24) is 9.88 Å². The van der Waals surface area contributed by atoms with Crippen molar-refractivity contribution in [2.45, 2.75) is 25.9 Å². The van der Waals surface area contributed by atoms with Gasteiger partial charge in [0.1, 0.15) is 16.7 Å². The van der Waals surface area contributed by atoms with Crippen molar-refractivity contribution in [3.05, 3.63) is 40.3 Å². The third-order valence-corrected chi connectivity index (χ3v) is 4.96. The number of nitrogens with one attached hydrogen (secondary N) is 1. The van der Waals surface area contributed by atoms with Crippen LogP contribution in [0.25, 0.3) is 0 Å². The normalized spacial score (nSPS) is 16.3. The second-order valence-corrected chi connectivity index (χ2v) is 6.72. The molecule has 0 aliphatic carbocycles. The van der Waals surface area contributed by atoms with Crippen LogP contribution in [0, 0.1) is 6.92 Å². The summed E-state index contributed by atoms with van der Waals surface area (Å²) in [6.07, 6.45) is 2.39. The molecular formula is C17H21N3O2S. The number of thiazole rings is 1. The molecule has 1 fully saturated rings. The van der Waals surface area contributed by atoms with Gasteiger partial charge in [0.05, 0.1) is 11.2 Å². The van der Waals surface area contributed by atoms with Crippen molar-refractivity contribution in [2.75, 3.05) is 25.5 Å². The van der Waals surface area contributed by atoms with Crippen LogP contribution in [0.15, 0.2) is 29.8 Å². The van der Waals surface area contributed by atoms with E-state index < -0.39 is 0 Å². The highest BCUT2D eigenvalue weighted by atomic mass is 32.1. The maximum absolute atomic E-state index is 12.2. The Hall–Kier alpha value is -1.92. The van der Waals surface area contributed by atoms with E-state index in [9.17, 15) is 4.79 Å². The minimum atomic E-state index is -0.117. The topological polar surface area (TPSA) is 54.5 Å². The summed E-state index contributed by atoms with van der Waals surface area (Å²) in [4.78, 5) is 19.2. The summed E-state index contributed by atoms with van der Waals surface area (Å²) < 4.78 is 6.01. The molecule has 1 aliphatic heterocycles. The van der Waals surface area contributed by atoms with Crippen LogP contribution in [-0.2, 0) is 0 Å². The van der Waals surface area contributed by atoms with Crippen molar-refractivity contribution in [2.24, 2.45) is 0 Å². The number of benzene rings is 1. The van der Waals surface area contributed by atoms with Crippen molar-refractivity contribution in [1.29, 1.82) is 0 Å². The largest absolute Gasteiger partial charge is 0.490 e. The second-order valence-electron chi connectivity index (χ2n) is 5.87. The fourth-order valence-corrected chi connectivity index (χ4v) is 3.32. The second kappa shape index (κ2) is 7.10. The monoisotopic (exact) mass is 331 g/mol. The lowest BCUT2D eigenvalue weighted by Crippen LogP contribution is -2.35. The van der Waals surface area contributed by atoms with Crippen LogP contribution in [0.4, 0.5) is 5.69 Å². The molecule has 0 radical (unpaired) electrons. The first-order valence-electron chi connectivity index (χ1n) is 7.78. The van der Waals surface area contributed by atoms with E-state index in [0.29, 0.717) is 4.88 Å². The lowest BCUT2D eigenvalue weighted by atomic mass is 10.1. The van der Waals surface area contributed by atoms with E-state index in [1.54, 1.807) is 5.51 Å². The van der Waals surface area contributed by atoms with Gasteiger partial charge >= 0.3 is 0 Å². The Kier molecular flexibility index (Phi) is 4.93. The maximum atomic E-state index is 12.2. The third kappa shape index (κ3) is 4.09. The Bertz CT molecular complexity index is 661. The highest BCUT2D eigenvalue weighted by Gasteiger charge is 2.18. The van der Waals surface area contributed by atoms with Gasteiger partial charge in [-0.15, -0.1) is 11.3 Å². The Morgan fingerprint density at radius 3 is 2.61 bits per heavy atom. The summed E-state index contributed by atoms with van der Waals surface area (Å²) in [5.41, 5.74) is 3.20. The number of carbonyl (C=O) groups excluding carboxylic acids is 1. The number of likely N-dealkylation sites (tertiary alicyclic amines) is 1. The zero-order chi connectivity index (χ0) is 16.2. The van der Waals surface area contributed by atoms with Crippen LogP contribution in [0.3, 0.4) is 0 Å². The molecule has 2 aromatic rings. The summed E-state index contributed by atoms with van der Waals surface area (Å²) in [7, 11) is 2.14.